The number of amides is 2. The minimum atomic E-state index is -0.961. The number of nitrogens with two attached hydrogens (primary N) is 1. The van der Waals surface area contributed by atoms with Crippen molar-refractivity contribution in [2.45, 2.75) is 127 Å². The van der Waals surface area contributed by atoms with Gasteiger partial charge in [-0.15, -0.1) is 11.8 Å². The summed E-state index contributed by atoms with van der Waals surface area (Å²) >= 11 is 1.59. The van der Waals surface area contributed by atoms with E-state index >= 15 is 0 Å². The summed E-state index contributed by atoms with van der Waals surface area (Å²) in [6.07, 6.45) is 18.4. The highest BCUT2D eigenvalue weighted by molar-refractivity contribution is 7.99. The maximum atomic E-state index is 12.3. The van der Waals surface area contributed by atoms with Crippen LogP contribution in [0.1, 0.15) is 116 Å². The van der Waals surface area contributed by atoms with Gasteiger partial charge in [-0.3, -0.25) is 14.4 Å². The summed E-state index contributed by atoms with van der Waals surface area (Å²) in [6, 6.07) is 6.84. The molecule has 1 unspecified atom stereocenters. The van der Waals surface area contributed by atoms with Crippen LogP contribution in [0, 0.1) is 0 Å². The summed E-state index contributed by atoms with van der Waals surface area (Å²) in [5, 5.41) is 12.1. The molecule has 7 heteroatoms. The number of benzene rings is 1. The van der Waals surface area contributed by atoms with Crippen LogP contribution in [-0.2, 0) is 14.4 Å². The fourth-order valence-electron chi connectivity index (χ4n) is 4.27. The van der Waals surface area contributed by atoms with Gasteiger partial charge in [-0.2, -0.15) is 0 Å². The van der Waals surface area contributed by atoms with Crippen molar-refractivity contribution >= 4 is 29.4 Å². The van der Waals surface area contributed by atoms with Gasteiger partial charge >= 0.3 is 11.8 Å². The van der Waals surface area contributed by atoms with Gasteiger partial charge in [0.2, 0.25) is 0 Å². The number of nitrogens with one attached hydrogen (secondary N) is 1. The largest absolute Gasteiger partial charge is 0.508 e. The van der Waals surface area contributed by atoms with Crippen molar-refractivity contribution in [1.29, 1.82) is 0 Å². The van der Waals surface area contributed by atoms with E-state index in [1.54, 1.807) is 23.9 Å². The van der Waals surface area contributed by atoms with Crippen LogP contribution in [0.3, 0.4) is 0 Å². The fraction of sp³-hybridized carbons (Fsp3) is 0.690. The van der Waals surface area contributed by atoms with Crippen LogP contribution < -0.4 is 11.1 Å². The molecule has 36 heavy (non-hydrogen) atoms. The van der Waals surface area contributed by atoms with E-state index in [4.69, 9.17) is 5.73 Å². The third-order valence-electron chi connectivity index (χ3n) is 6.46. The minimum Gasteiger partial charge on any atom is -0.508 e. The topological polar surface area (TPSA) is 109 Å². The highest BCUT2D eigenvalue weighted by atomic mass is 32.2. The van der Waals surface area contributed by atoms with Gasteiger partial charge in [-0.25, -0.2) is 0 Å². The lowest BCUT2D eigenvalue weighted by Gasteiger charge is -2.18. The van der Waals surface area contributed by atoms with E-state index in [0.29, 0.717) is 31.4 Å². The number of thioether (sulfide) groups is 1. The number of hydrogen-bond donors (Lipinski definition) is 3. The van der Waals surface area contributed by atoms with Crippen LogP contribution >= 0.6 is 11.8 Å². The summed E-state index contributed by atoms with van der Waals surface area (Å²) in [6.45, 7) is 2.25. The molecule has 0 aromatic heterocycles. The predicted molar refractivity (Wildman–Crippen MR) is 149 cm³/mol. The first-order chi connectivity index (χ1) is 17.4. The van der Waals surface area contributed by atoms with Gasteiger partial charge in [0, 0.05) is 29.5 Å². The Morgan fingerprint density at radius 3 is 1.89 bits per heavy atom. The first-order valence-electron chi connectivity index (χ1n) is 14.0. The molecule has 4 N–H and O–H groups in total. The van der Waals surface area contributed by atoms with E-state index in [1.165, 1.54) is 64.2 Å². The normalized spacial score (nSPS) is 11.8. The molecule has 0 saturated heterocycles. The molecule has 0 aliphatic rings. The Morgan fingerprint density at radius 1 is 0.806 bits per heavy atom. The van der Waals surface area contributed by atoms with E-state index in [-0.39, 0.29) is 17.6 Å². The van der Waals surface area contributed by atoms with Crippen LogP contribution in [-0.4, -0.2) is 34.5 Å². The highest BCUT2D eigenvalue weighted by Gasteiger charge is 2.16. The number of aromatic hydroxyl groups is 1. The average molecular weight is 521 g/mol. The summed E-state index contributed by atoms with van der Waals surface area (Å²) in [7, 11) is 0. The van der Waals surface area contributed by atoms with Crippen molar-refractivity contribution in [3.63, 3.8) is 0 Å². The van der Waals surface area contributed by atoms with Crippen LogP contribution in [0.4, 0.5) is 0 Å². The summed E-state index contributed by atoms with van der Waals surface area (Å²) in [4.78, 5) is 36.3. The van der Waals surface area contributed by atoms with Gasteiger partial charge < -0.3 is 16.2 Å². The van der Waals surface area contributed by atoms with Crippen LogP contribution in [0.5, 0.6) is 5.75 Å². The van der Waals surface area contributed by atoms with E-state index in [9.17, 15) is 19.5 Å². The van der Waals surface area contributed by atoms with Gasteiger partial charge in [0.1, 0.15) is 11.5 Å². The maximum absolute atomic E-state index is 12.3. The number of carbonyl (C=O) groups excluding carboxylic acids is 3. The predicted octanol–water partition coefficient (Wildman–Crippen LogP) is 6.68. The Balaban J connectivity index is 2.17. The summed E-state index contributed by atoms with van der Waals surface area (Å²) in [5.74, 6) is -0.569. The molecule has 0 aliphatic carbocycles. The molecule has 2 amide bonds. The molecule has 1 aromatic rings. The number of unbranched alkanes of at least 4 members (excludes halogenated alkanes) is 11. The van der Waals surface area contributed by atoms with Crippen molar-refractivity contribution in [3.05, 3.63) is 24.3 Å². The number of phenols is 1. The molecule has 1 atom stereocenters. The quantitative estimate of drug-likeness (QED) is 0.0898. The minimum absolute atomic E-state index is 0.118. The monoisotopic (exact) mass is 520 g/mol. The number of ketones is 1. The molecule has 0 aliphatic heterocycles. The Bertz CT molecular complexity index is 739. The summed E-state index contributed by atoms with van der Waals surface area (Å²) in [5.41, 5.74) is 5.12. The third-order valence-corrected chi connectivity index (χ3v) is 7.47. The number of phenolic OH excluding ortho intramolecular Hbond substituents is 1. The Labute approximate surface area is 222 Å². The van der Waals surface area contributed by atoms with Crippen LogP contribution in [0.25, 0.3) is 0 Å². The number of hydrogen-bond acceptors (Lipinski definition) is 5. The number of primary amides is 1. The fourth-order valence-corrected chi connectivity index (χ4v) is 5.17. The highest BCUT2D eigenvalue weighted by Crippen LogP contribution is 2.22. The second kappa shape index (κ2) is 21.1. The maximum Gasteiger partial charge on any atom is 0.309 e. The average Bonchev–Trinajstić information content (AvgIpc) is 2.85. The molecule has 1 aromatic carbocycles. The molecule has 1 rings (SSSR count). The van der Waals surface area contributed by atoms with Crippen molar-refractivity contribution in [3.8, 4) is 5.75 Å². The van der Waals surface area contributed by atoms with E-state index in [2.05, 4.69) is 12.2 Å². The third kappa shape index (κ3) is 17.4. The molecule has 0 fully saturated rings. The molecule has 0 bridgehead atoms. The Morgan fingerprint density at radius 2 is 1.33 bits per heavy atom. The van der Waals surface area contributed by atoms with Gasteiger partial charge in [0.25, 0.3) is 0 Å². The molecular formula is C29H48N2O4S. The van der Waals surface area contributed by atoms with E-state index < -0.39 is 11.8 Å². The SMILES string of the molecule is CCCCCCCCCCCCCCC(CCCC(=O)CCSc1ccc(O)cc1)NC(=O)C(N)=O. The second-order valence-corrected chi connectivity index (χ2v) is 10.9. The van der Waals surface area contributed by atoms with Crippen LogP contribution in [0.2, 0.25) is 0 Å². The molecule has 0 saturated carbocycles. The lowest BCUT2D eigenvalue weighted by atomic mass is 9.99. The molecule has 0 radical (unpaired) electrons. The number of Topliss-reactive ketones (excluding diaryl/α,β-unsaturated/α-hetero) is 1. The smallest absolute Gasteiger partial charge is 0.309 e. The van der Waals surface area contributed by atoms with Crippen molar-refractivity contribution in [1.82, 2.24) is 5.32 Å². The van der Waals surface area contributed by atoms with E-state index in [0.717, 1.165) is 24.2 Å². The Kier molecular flexibility index (Phi) is 18.8. The standard InChI is InChI=1S/C29H48N2O4S/c1-2-3-4-5-6-7-8-9-10-11-12-13-15-24(31-29(35)28(30)34)16-14-17-25(32)22-23-36-27-20-18-26(33)19-21-27/h18-21,24,33H,2-17,22-23H2,1H3,(H2,30,34)(H,31,35). The van der Waals surface area contributed by atoms with Gasteiger partial charge in [-0.05, 0) is 43.5 Å². The van der Waals surface area contributed by atoms with Crippen molar-refractivity contribution in [2.75, 3.05) is 5.75 Å². The Hall–Kier alpha value is -2.02. The molecule has 0 heterocycles. The van der Waals surface area contributed by atoms with Gasteiger partial charge in [0.05, 0.1) is 0 Å². The number of rotatable bonds is 22. The molecule has 204 valence electrons. The van der Waals surface area contributed by atoms with Gasteiger partial charge in [0.15, 0.2) is 0 Å². The first kappa shape index (κ1) is 32.0. The van der Waals surface area contributed by atoms with Gasteiger partial charge in [-0.1, -0.05) is 84.0 Å². The zero-order valence-electron chi connectivity index (χ0n) is 22.3. The molecule has 0 spiro atoms. The lowest BCUT2D eigenvalue weighted by Crippen LogP contribution is -2.42. The summed E-state index contributed by atoms with van der Waals surface area (Å²) < 4.78 is 0. The zero-order valence-corrected chi connectivity index (χ0v) is 23.1. The lowest BCUT2D eigenvalue weighted by molar-refractivity contribution is -0.137. The van der Waals surface area contributed by atoms with Crippen molar-refractivity contribution in [2.24, 2.45) is 5.73 Å². The second-order valence-electron chi connectivity index (χ2n) is 9.74. The van der Waals surface area contributed by atoms with Crippen molar-refractivity contribution < 1.29 is 19.5 Å². The zero-order chi connectivity index (χ0) is 26.4. The number of carbonyl (C=O) groups is 3. The molecular weight excluding hydrogens is 472 g/mol. The van der Waals surface area contributed by atoms with E-state index in [1.807, 2.05) is 12.1 Å². The van der Waals surface area contributed by atoms with Crippen LogP contribution in [0.15, 0.2) is 29.2 Å². The molecule has 6 nitrogen and oxygen atoms in total. The first-order valence-corrected chi connectivity index (χ1v) is 14.9.